The van der Waals surface area contributed by atoms with E-state index in [0.717, 1.165) is 16.3 Å². The van der Waals surface area contributed by atoms with Gasteiger partial charge in [-0.25, -0.2) is 0 Å². The van der Waals surface area contributed by atoms with Gasteiger partial charge in [0.1, 0.15) is 5.69 Å². The molecular weight excluding hydrogens is 306 g/mol. The molecule has 0 saturated heterocycles. The molecule has 0 saturated carbocycles. The van der Waals surface area contributed by atoms with E-state index in [9.17, 15) is 4.79 Å². The molecule has 0 bridgehead atoms. The van der Waals surface area contributed by atoms with Gasteiger partial charge in [0.05, 0.1) is 26.8 Å². The predicted molar refractivity (Wildman–Crippen MR) is 86.0 cm³/mol. The Balaban J connectivity index is 1.94. The predicted octanol–water partition coefficient (Wildman–Crippen LogP) is 4.35. The Morgan fingerprint density at radius 1 is 1.29 bits per heavy atom. The van der Waals surface area contributed by atoms with Crippen LogP contribution in [0.15, 0.2) is 41.8 Å². The average molecular weight is 318 g/mol. The number of aromatic nitrogens is 2. The minimum atomic E-state index is -0.247. The molecule has 0 aliphatic carbocycles. The normalized spacial score (nSPS) is 10.6. The van der Waals surface area contributed by atoms with Crippen molar-refractivity contribution in [2.75, 3.05) is 5.32 Å². The number of aromatic amines is 1. The minimum absolute atomic E-state index is 0.247. The van der Waals surface area contributed by atoms with Gasteiger partial charge in [-0.1, -0.05) is 29.8 Å². The fraction of sp³-hybridized carbons (Fsp3) is 0.0667. The van der Waals surface area contributed by atoms with Gasteiger partial charge in [0.2, 0.25) is 0 Å². The summed E-state index contributed by atoms with van der Waals surface area (Å²) in [6.45, 7) is 1.87. The molecule has 1 aromatic carbocycles. The van der Waals surface area contributed by atoms with Crippen LogP contribution in [0.25, 0.3) is 10.6 Å². The van der Waals surface area contributed by atoms with Crippen LogP contribution in [0.3, 0.4) is 0 Å². The van der Waals surface area contributed by atoms with Gasteiger partial charge in [-0.05, 0) is 30.5 Å². The van der Waals surface area contributed by atoms with Crippen LogP contribution in [0, 0.1) is 6.92 Å². The molecule has 0 unspecified atom stereocenters. The van der Waals surface area contributed by atoms with Crippen LogP contribution in [0.4, 0.5) is 5.69 Å². The lowest BCUT2D eigenvalue weighted by atomic mass is 10.2. The molecule has 0 aliphatic heterocycles. The summed E-state index contributed by atoms with van der Waals surface area (Å²) in [4.78, 5) is 13.4. The fourth-order valence-electron chi connectivity index (χ4n) is 2.00. The van der Waals surface area contributed by atoms with Gasteiger partial charge < -0.3 is 5.32 Å². The van der Waals surface area contributed by atoms with Crippen molar-refractivity contribution in [2.24, 2.45) is 0 Å². The van der Waals surface area contributed by atoms with E-state index in [1.807, 2.05) is 24.4 Å². The van der Waals surface area contributed by atoms with Gasteiger partial charge in [-0.2, -0.15) is 5.10 Å². The maximum atomic E-state index is 12.4. The van der Waals surface area contributed by atoms with E-state index in [1.54, 1.807) is 35.6 Å². The Morgan fingerprint density at radius 2 is 2.10 bits per heavy atom. The second-order valence-electron chi connectivity index (χ2n) is 4.48. The molecule has 0 fully saturated rings. The summed E-state index contributed by atoms with van der Waals surface area (Å²) in [6.07, 6.45) is 0. The monoisotopic (exact) mass is 317 g/mol. The van der Waals surface area contributed by atoms with Gasteiger partial charge in [0.15, 0.2) is 0 Å². The van der Waals surface area contributed by atoms with Crippen LogP contribution >= 0.6 is 22.9 Å². The molecule has 2 aromatic heterocycles. The smallest absolute Gasteiger partial charge is 0.257 e. The van der Waals surface area contributed by atoms with Crippen molar-refractivity contribution in [2.45, 2.75) is 6.92 Å². The van der Waals surface area contributed by atoms with Gasteiger partial charge in [-0.3, -0.25) is 9.89 Å². The molecule has 3 aromatic rings. The molecule has 2 N–H and O–H groups in total. The highest BCUT2D eigenvalue weighted by molar-refractivity contribution is 7.13. The second kappa shape index (κ2) is 5.71. The second-order valence-corrected chi connectivity index (χ2v) is 5.84. The number of nitrogens with one attached hydrogen (secondary N) is 2. The van der Waals surface area contributed by atoms with E-state index in [0.29, 0.717) is 16.3 Å². The molecule has 0 spiro atoms. The number of anilines is 1. The highest BCUT2D eigenvalue weighted by atomic mass is 35.5. The third-order valence-electron chi connectivity index (χ3n) is 3.06. The van der Waals surface area contributed by atoms with Crippen LogP contribution in [-0.4, -0.2) is 16.1 Å². The van der Waals surface area contributed by atoms with Gasteiger partial charge >= 0.3 is 0 Å². The van der Waals surface area contributed by atoms with Crippen molar-refractivity contribution < 1.29 is 4.79 Å². The summed E-state index contributed by atoms with van der Waals surface area (Å²) in [5.41, 5.74) is 2.67. The summed E-state index contributed by atoms with van der Waals surface area (Å²) in [6, 6.07) is 10.9. The maximum absolute atomic E-state index is 12.4. The molecule has 21 heavy (non-hydrogen) atoms. The van der Waals surface area contributed by atoms with E-state index in [-0.39, 0.29) is 5.91 Å². The van der Waals surface area contributed by atoms with Crippen LogP contribution in [0.5, 0.6) is 0 Å². The van der Waals surface area contributed by atoms with E-state index in [4.69, 9.17) is 11.6 Å². The number of benzene rings is 1. The van der Waals surface area contributed by atoms with Crippen molar-refractivity contribution in [3.8, 4) is 10.6 Å². The van der Waals surface area contributed by atoms with Crippen molar-refractivity contribution >= 4 is 34.5 Å². The molecule has 0 aliphatic rings. The lowest BCUT2D eigenvalue weighted by Gasteiger charge is -2.07. The number of hydrogen-bond acceptors (Lipinski definition) is 3. The highest BCUT2D eigenvalue weighted by Crippen LogP contribution is 2.32. The lowest BCUT2D eigenvalue weighted by Crippen LogP contribution is -2.13. The summed E-state index contributed by atoms with van der Waals surface area (Å²) >= 11 is 7.63. The quantitative estimate of drug-likeness (QED) is 0.754. The van der Waals surface area contributed by atoms with E-state index >= 15 is 0 Å². The Kier molecular flexibility index (Phi) is 3.77. The Labute approximate surface area is 130 Å². The summed E-state index contributed by atoms with van der Waals surface area (Å²) in [5.74, 6) is -0.247. The number of nitrogens with zero attached hydrogens (tertiary/aromatic N) is 1. The molecule has 6 heteroatoms. The van der Waals surface area contributed by atoms with Crippen molar-refractivity contribution in [1.29, 1.82) is 0 Å². The maximum Gasteiger partial charge on any atom is 0.257 e. The van der Waals surface area contributed by atoms with E-state index < -0.39 is 0 Å². The zero-order chi connectivity index (χ0) is 14.8. The zero-order valence-electron chi connectivity index (χ0n) is 11.2. The zero-order valence-corrected chi connectivity index (χ0v) is 12.8. The first kappa shape index (κ1) is 13.9. The standard InChI is InChI=1S/C15H12ClN3OS/c1-9-13(14(19-18-9)12-7-4-8-21-12)17-15(20)10-5-2-3-6-11(10)16/h2-8H,1H3,(H,17,20)(H,18,19). The number of H-pyrrole nitrogens is 1. The number of amides is 1. The Morgan fingerprint density at radius 3 is 2.81 bits per heavy atom. The van der Waals surface area contributed by atoms with Gasteiger partial charge in [0.25, 0.3) is 5.91 Å². The first-order chi connectivity index (χ1) is 10.2. The third-order valence-corrected chi connectivity index (χ3v) is 4.26. The Hall–Kier alpha value is -2.11. The van der Waals surface area contributed by atoms with Crippen LogP contribution in [-0.2, 0) is 0 Å². The number of thiophene rings is 1. The molecule has 4 nitrogen and oxygen atoms in total. The van der Waals surface area contributed by atoms with Crippen LogP contribution < -0.4 is 5.32 Å². The van der Waals surface area contributed by atoms with Crippen LogP contribution in [0.2, 0.25) is 5.02 Å². The third kappa shape index (κ3) is 2.70. The van der Waals surface area contributed by atoms with Crippen molar-refractivity contribution in [3.63, 3.8) is 0 Å². The lowest BCUT2D eigenvalue weighted by molar-refractivity contribution is 0.102. The van der Waals surface area contributed by atoms with Crippen molar-refractivity contribution in [3.05, 3.63) is 58.1 Å². The highest BCUT2D eigenvalue weighted by Gasteiger charge is 2.17. The molecular formula is C15H12ClN3OS. The molecule has 0 atom stereocenters. The van der Waals surface area contributed by atoms with E-state index in [2.05, 4.69) is 15.5 Å². The van der Waals surface area contributed by atoms with Gasteiger partial charge in [-0.15, -0.1) is 11.3 Å². The summed E-state index contributed by atoms with van der Waals surface area (Å²) in [7, 11) is 0. The molecule has 1 amide bonds. The topological polar surface area (TPSA) is 57.8 Å². The number of aryl methyl sites for hydroxylation is 1. The van der Waals surface area contributed by atoms with Crippen LogP contribution in [0.1, 0.15) is 16.1 Å². The first-order valence-corrected chi connectivity index (χ1v) is 7.57. The number of hydrogen-bond donors (Lipinski definition) is 2. The number of halogens is 1. The number of rotatable bonds is 3. The van der Waals surface area contributed by atoms with E-state index in [1.165, 1.54) is 0 Å². The summed E-state index contributed by atoms with van der Waals surface area (Å²) < 4.78 is 0. The average Bonchev–Trinajstić information content (AvgIpc) is 3.10. The number of carbonyl (C=O) groups is 1. The molecule has 2 heterocycles. The fourth-order valence-corrected chi connectivity index (χ4v) is 2.94. The molecule has 3 rings (SSSR count). The molecule has 0 radical (unpaired) electrons. The molecule has 106 valence electrons. The summed E-state index contributed by atoms with van der Waals surface area (Å²) in [5, 5.41) is 12.5. The first-order valence-electron chi connectivity index (χ1n) is 6.31. The Bertz CT molecular complexity index is 780. The largest absolute Gasteiger partial charge is 0.318 e. The SMILES string of the molecule is Cc1[nH]nc(-c2cccs2)c1NC(=O)c1ccccc1Cl. The minimum Gasteiger partial charge on any atom is -0.318 e. The van der Waals surface area contributed by atoms with Crippen molar-refractivity contribution in [1.82, 2.24) is 10.2 Å². The van der Waals surface area contributed by atoms with Gasteiger partial charge in [0, 0.05) is 0 Å². The number of carbonyl (C=O) groups excluding carboxylic acids is 1.